The number of benzene rings is 2. The average molecular weight is 391 g/mol. The van der Waals surface area contributed by atoms with Crippen molar-refractivity contribution in [3.05, 3.63) is 54.1 Å². The number of nitrogens with zero attached hydrogens (tertiary/aromatic N) is 4. The molecule has 1 amide bonds. The van der Waals surface area contributed by atoms with Crippen molar-refractivity contribution in [3.8, 4) is 11.8 Å². The van der Waals surface area contributed by atoms with Crippen LogP contribution in [0.2, 0.25) is 0 Å². The maximum atomic E-state index is 12.5. The van der Waals surface area contributed by atoms with Crippen LogP contribution in [0.25, 0.3) is 11.0 Å². The number of anilines is 1. The lowest BCUT2D eigenvalue weighted by atomic mass is 10.2. The number of amides is 1. The summed E-state index contributed by atoms with van der Waals surface area (Å²) in [5.41, 5.74) is 2.31. The zero-order chi connectivity index (χ0) is 20.6. The number of carbonyl (C=O) groups excluding carboxylic acids is 1. The number of hydrogen-bond donors (Lipinski definition) is 1. The molecule has 0 spiro atoms. The van der Waals surface area contributed by atoms with Gasteiger partial charge >= 0.3 is 0 Å². The van der Waals surface area contributed by atoms with E-state index in [0.29, 0.717) is 17.3 Å². The van der Waals surface area contributed by atoms with Crippen molar-refractivity contribution in [2.24, 2.45) is 0 Å². The Balaban J connectivity index is 1.71. The number of nitrogens with one attached hydrogen (secondary N) is 1. The van der Waals surface area contributed by atoms with E-state index >= 15 is 0 Å². The summed E-state index contributed by atoms with van der Waals surface area (Å²) in [4.78, 5) is 19.4. The molecule has 0 saturated heterocycles. The Morgan fingerprint density at radius 1 is 1.21 bits per heavy atom. The first-order valence-electron chi connectivity index (χ1n) is 9.75. The van der Waals surface area contributed by atoms with Crippen molar-refractivity contribution < 1.29 is 9.53 Å². The number of likely N-dealkylation sites (N-methyl/N-ethyl adjacent to an activating group) is 1. The van der Waals surface area contributed by atoms with Crippen molar-refractivity contribution >= 4 is 22.9 Å². The van der Waals surface area contributed by atoms with Gasteiger partial charge in [0.2, 0.25) is 5.95 Å². The average Bonchev–Trinajstić information content (AvgIpc) is 3.10. The summed E-state index contributed by atoms with van der Waals surface area (Å²) in [7, 11) is 0. The standard InChI is InChI=1S/C22H25N5O2/c1-3-26(4-2)12-13-27-20-11-6-5-10-19(20)24-22(27)25-21(28)16-29-18-9-7-8-17(14-18)15-23/h5-11,14H,3-4,12-13,16H2,1-2H3,(H,24,25,28). The third kappa shape index (κ3) is 5.12. The number of carbonyl (C=O) groups is 1. The summed E-state index contributed by atoms with van der Waals surface area (Å²) >= 11 is 0. The van der Waals surface area contributed by atoms with E-state index in [1.807, 2.05) is 28.8 Å². The Labute approximate surface area is 170 Å². The molecule has 0 saturated carbocycles. The van der Waals surface area contributed by atoms with Gasteiger partial charge in [-0.15, -0.1) is 0 Å². The number of fused-ring (bicyclic) bond motifs is 1. The fourth-order valence-corrected chi connectivity index (χ4v) is 3.14. The Morgan fingerprint density at radius 2 is 2.00 bits per heavy atom. The molecule has 0 aliphatic heterocycles. The van der Waals surface area contributed by atoms with Crippen molar-refractivity contribution in [1.82, 2.24) is 14.5 Å². The minimum absolute atomic E-state index is 0.159. The van der Waals surface area contributed by atoms with Gasteiger partial charge in [0, 0.05) is 13.1 Å². The number of para-hydroxylation sites is 2. The molecule has 0 aliphatic carbocycles. The Morgan fingerprint density at radius 3 is 2.76 bits per heavy atom. The molecule has 0 bridgehead atoms. The van der Waals surface area contributed by atoms with E-state index in [1.165, 1.54) is 0 Å². The zero-order valence-electron chi connectivity index (χ0n) is 16.8. The van der Waals surface area contributed by atoms with Crippen molar-refractivity contribution in [3.63, 3.8) is 0 Å². The van der Waals surface area contributed by atoms with E-state index in [1.54, 1.807) is 24.3 Å². The predicted molar refractivity (Wildman–Crippen MR) is 113 cm³/mol. The third-order valence-electron chi connectivity index (χ3n) is 4.77. The normalized spacial score (nSPS) is 10.8. The van der Waals surface area contributed by atoms with Crippen molar-refractivity contribution in [1.29, 1.82) is 5.26 Å². The monoisotopic (exact) mass is 391 g/mol. The summed E-state index contributed by atoms with van der Waals surface area (Å²) in [5, 5.41) is 11.8. The number of nitriles is 1. The smallest absolute Gasteiger partial charge is 0.264 e. The highest BCUT2D eigenvalue weighted by molar-refractivity contribution is 5.92. The van der Waals surface area contributed by atoms with Crippen molar-refractivity contribution in [2.45, 2.75) is 20.4 Å². The first-order valence-corrected chi connectivity index (χ1v) is 9.75. The molecule has 29 heavy (non-hydrogen) atoms. The number of aromatic nitrogens is 2. The molecule has 1 aromatic heterocycles. The lowest BCUT2D eigenvalue weighted by Crippen LogP contribution is -2.28. The highest BCUT2D eigenvalue weighted by Gasteiger charge is 2.14. The summed E-state index contributed by atoms with van der Waals surface area (Å²) in [6.07, 6.45) is 0. The Hall–Kier alpha value is -3.37. The first kappa shape index (κ1) is 20.4. The van der Waals surface area contributed by atoms with E-state index in [0.717, 1.165) is 37.2 Å². The van der Waals surface area contributed by atoms with E-state index in [2.05, 4.69) is 35.1 Å². The highest BCUT2D eigenvalue weighted by Crippen LogP contribution is 2.20. The highest BCUT2D eigenvalue weighted by atomic mass is 16.5. The minimum atomic E-state index is -0.299. The van der Waals surface area contributed by atoms with Crippen LogP contribution >= 0.6 is 0 Å². The van der Waals surface area contributed by atoms with E-state index in [-0.39, 0.29) is 12.5 Å². The van der Waals surface area contributed by atoms with Gasteiger partial charge < -0.3 is 14.2 Å². The van der Waals surface area contributed by atoms with Crippen LogP contribution < -0.4 is 10.1 Å². The molecule has 0 atom stereocenters. The second-order valence-corrected chi connectivity index (χ2v) is 6.58. The van der Waals surface area contributed by atoms with Gasteiger partial charge in [-0.25, -0.2) is 4.98 Å². The van der Waals surface area contributed by atoms with Gasteiger partial charge in [-0.2, -0.15) is 5.26 Å². The van der Waals surface area contributed by atoms with Crippen molar-refractivity contribution in [2.75, 3.05) is 31.6 Å². The molecule has 0 aliphatic rings. The lowest BCUT2D eigenvalue weighted by Gasteiger charge is -2.19. The van der Waals surface area contributed by atoms with Crippen LogP contribution in [0.3, 0.4) is 0 Å². The maximum Gasteiger partial charge on any atom is 0.264 e. The second kappa shape index (κ2) is 9.71. The quantitative estimate of drug-likeness (QED) is 0.605. The predicted octanol–water partition coefficient (Wildman–Crippen LogP) is 3.27. The molecule has 150 valence electrons. The molecule has 1 N–H and O–H groups in total. The molecule has 2 aromatic carbocycles. The van der Waals surface area contributed by atoms with Gasteiger partial charge in [0.1, 0.15) is 5.75 Å². The lowest BCUT2D eigenvalue weighted by molar-refractivity contribution is -0.118. The van der Waals surface area contributed by atoms with E-state index < -0.39 is 0 Å². The number of rotatable bonds is 9. The molecule has 0 unspecified atom stereocenters. The van der Waals surface area contributed by atoms with Gasteiger partial charge in [0.05, 0.1) is 22.7 Å². The Bertz CT molecular complexity index is 1020. The summed E-state index contributed by atoms with van der Waals surface area (Å²) < 4.78 is 7.55. The van der Waals surface area contributed by atoms with Gasteiger partial charge in [-0.05, 0) is 43.4 Å². The molecular formula is C22H25N5O2. The molecule has 3 aromatic rings. The number of ether oxygens (including phenoxy) is 1. The van der Waals surface area contributed by atoms with Gasteiger partial charge in [0.15, 0.2) is 6.61 Å². The summed E-state index contributed by atoms with van der Waals surface area (Å²) in [5.74, 6) is 0.693. The molecule has 7 heteroatoms. The van der Waals surface area contributed by atoms with Crippen LogP contribution in [0.4, 0.5) is 5.95 Å². The second-order valence-electron chi connectivity index (χ2n) is 6.58. The van der Waals surface area contributed by atoms with Crippen LogP contribution in [0, 0.1) is 11.3 Å². The fourth-order valence-electron chi connectivity index (χ4n) is 3.14. The van der Waals surface area contributed by atoms with Crippen LogP contribution in [-0.4, -0.2) is 46.6 Å². The number of imidazole rings is 1. The van der Waals surface area contributed by atoms with Crippen LogP contribution in [0.1, 0.15) is 19.4 Å². The first-order chi connectivity index (χ1) is 14.1. The van der Waals surface area contributed by atoms with Gasteiger partial charge in [0.25, 0.3) is 5.91 Å². The fraction of sp³-hybridized carbons (Fsp3) is 0.318. The molecule has 0 fully saturated rings. The SMILES string of the molecule is CCN(CC)CCn1c(NC(=O)COc2cccc(C#N)c2)nc2ccccc21. The van der Waals surface area contributed by atoms with Gasteiger partial charge in [-0.1, -0.05) is 32.0 Å². The summed E-state index contributed by atoms with van der Waals surface area (Å²) in [6.45, 7) is 7.65. The number of hydrogen-bond acceptors (Lipinski definition) is 5. The molecular weight excluding hydrogens is 366 g/mol. The van der Waals surface area contributed by atoms with Crippen LogP contribution in [0.5, 0.6) is 5.75 Å². The topological polar surface area (TPSA) is 83.2 Å². The van der Waals surface area contributed by atoms with Crippen LogP contribution in [-0.2, 0) is 11.3 Å². The third-order valence-corrected chi connectivity index (χ3v) is 4.77. The van der Waals surface area contributed by atoms with E-state index in [4.69, 9.17) is 10.00 Å². The maximum absolute atomic E-state index is 12.5. The van der Waals surface area contributed by atoms with Crippen LogP contribution in [0.15, 0.2) is 48.5 Å². The van der Waals surface area contributed by atoms with E-state index in [9.17, 15) is 4.79 Å². The largest absolute Gasteiger partial charge is 0.484 e. The Kier molecular flexibility index (Phi) is 6.82. The molecule has 0 radical (unpaired) electrons. The summed E-state index contributed by atoms with van der Waals surface area (Å²) in [6, 6.07) is 16.6. The van der Waals surface area contributed by atoms with Gasteiger partial charge in [-0.3, -0.25) is 10.1 Å². The minimum Gasteiger partial charge on any atom is -0.484 e. The molecule has 1 heterocycles. The molecule has 7 nitrogen and oxygen atoms in total. The molecule has 3 rings (SSSR count). The zero-order valence-corrected chi connectivity index (χ0v) is 16.8.